The first-order valence-corrected chi connectivity index (χ1v) is 8.87. The fraction of sp³-hybridized carbons (Fsp3) is 0.474. The molecule has 1 saturated heterocycles. The molecule has 0 aliphatic carbocycles. The van der Waals surface area contributed by atoms with Gasteiger partial charge in [0.05, 0.1) is 0 Å². The zero-order valence-corrected chi connectivity index (χ0v) is 15.1. The number of ether oxygens (including phenoxy) is 1. The van der Waals surface area contributed by atoms with Gasteiger partial charge in [-0.05, 0) is 13.5 Å². The van der Waals surface area contributed by atoms with Crippen molar-refractivity contribution < 1.29 is 4.74 Å². The van der Waals surface area contributed by atoms with Crippen molar-refractivity contribution in [2.45, 2.75) is 6.42 Å². The minimum atomic E-state index is 0.745. The van der Waals surface area contributed by atoms with Gasteiger partial charge in [0, 0.05) is 58.1 Å². The van der Waals surface area contributed by atoms with Crippen molar-refractivity contribution in [3.63, 3.8) is 0 Å². The molecule has 25 heavy (non-hydrogen) atoms. The number of nitrogens with one attached hydrogen (secondary N) is 1. The monoisotopic (exact) mass is 341 g/mol. The fourth-order valence-corrected chi connectivity index (χ4v) is 2.87. The predicted molar refractivity (Wildman–Crippen MR) is 102 cm³/mol. The average molecular weight is 341 g/mol. The van der Waals surface area contributed by atoms with E-state index in [1.807, 2.05) is 18.2 Å². The Balaban J connectivity index is 1.83. The molecule has 134 valence electrons. The molecule has 1 fully saturated rings. The molecule has 6 nitrogen and oxygen atoms in total. The quantitative estimate of drug-likeness (QED) is 0.780. The van der Waals surface area contributed by atoms with Gasteiger partial charge in [0.2, 0.25) is 0 Å². The number of rotatable bonds is 7. The summed E-state index contributed by atoms with van der Waals surface area (Å²) in [6.45, 7) is 5.68. The highest BCUT2D eigenvalue weighted by Crippen LogP contribution is 2.23. The maximum Gasteiger partial charge on any atom is 0.163 e. The van der Waals surface area contributed by atoms with Crippen LogP contribution in [0.25, 0.3) is 11.4 Å². The molecule has 6 heteroatoms. The van der Waals surface area contributed by atoms with Crippen LogP contribution in [-0.4, -0.2) is 68.4 Å². The van der Waals surface area contributed by atoms with Crippen LogP contribution in [0.15, 0.2) is 36.4 Å². The maximum absolute atomic E-state index is 5.12. The molecule has 2 heterocycles. The van der Waals surface area contributed by atoms with Crippen molar-refractivity contribution in [2.24, 2.45) is 0 Å². The number of hydrogen-bond acceptors (Lipinski definition) is 6. The number of anilines is 2. The summed E-state index contributed by atoms with van der Waals surface area (Å²) in [5.41, 5.74) is 1.04. The van der Waals surface area contributed by atoms with E-state index in [1.165, 1.54) is 0 Å². The van der Waals surface area contributed by atoms with Gasteiger partial charge in [-0.3, -0.25) is 0 Å². The molecule has 0 atom stereocenters. The van der Waals surface area contributed by atoms with E-state index in [4.69, 9.17) is 14.7 Å². The van der Waals surface area contributed by atoms with Crippen LogP contribution >= 0.6 is 0 Å². The van der Waals surface area contributed by atoms with Gasteiger partial charge in [0.1, 0.15) is 11.6 Å². The molecule has 3 rings (SSSR count). The van der Waals surface area contributed by atoms with Crippen molar-refractivity contribution in [1.29, 1.82) is 0 Å². The standard InChI is InChI=1S/C19H27N5O/c1-23-10-12-24(13-11-23)18-15-17(20-9-6-14-25-2)21-19(22-18)16-7-4-3-5-8-16/h3-5,7-8,15H,6,9-14H2,1-2H3,(H,20,21,22). The van der Waals surface area contributed by atoms with Gasteiger partial charge in [-0.1, -0.05) is 30.3 Å². The molecule has 0 bridgehead atoms. The lowest BCUT2D eigenvalue weighted by Gasteiger charge is -2.33. The molecule has 1 aliphatic heterocycles. The number of benzene rings is 1. The third-order valence-corrected chi connectivity index (χ3v) is 4.40. The number of hydrogen-bond donors (Lipinski definition) is 1. The Morgan fingerprint density at radius 2 is 1.84 bits per heavy atom. The van der Waals surface area contributed by atoms with Crippen molar-refractivity contribution in [3.8, 4) is 11.4 Å². The zero-order chi connectivity index (χ0) is 17.5. The van der Waals surface area contributed by atoms with Crippen LogP contribution in [0, 0.1) is 0 Å². The van der Waals surface area contributed by atoms with Crippen LogP contribution in [0.1, 0.15) is 6.42 Å². The molecule has 0 saturated carbocycles. The minimum absolute atomic E-state index is 0.745. The molecule has 1 aliphatic rings. The van der Waals surface area contributed by atoms with E-state index in [9.17, 15) is 0 Å². The molecular formula is C19H27N5O. The smallest absolute Gasteiger partial charge is 0.163 e. The van der Waals surface area contributed by atoms with E-state index in [0.717, 1.165) is 68.8 Å². The summed E-state index contributed by atoms with van der Waals surface area (Å²) in [4.78, 5) is 14.2. The van der Waals surface area contributed by atoms with Crippen molar-refractivity contribution in [1.82, 2.24) is 14.9 Å². The van der Waals surface area contributed by atoms with Crippen LogP contribution < -0.4 is 10.2 Å². The van der Waals surface area contributed by atoms with E-state index < -0.39 is 0 Å². The Morgan fingerprint density at radius 1 is 1.08 bits per heavy atom. The molecule has 0 amide bonds. The maximum atomic E-state index is 5.12. The SMILES string of the molecule is COCCCNc1cc(N2CCN(C)CC2)nc(-c2ccccc2)n1. The van der Waals surface area contributed by atoms with Crippen molar-refractivity contribution in [2.75, 3.05) is 63.7 Å². The van der Waals surface area contributed by atoms with E-state index in [2.05, 4.69) is 40.4 Å². The Morgan fingerprint density at radius 3 is 2.56 bits per heavy atom. The molecule has 1 N–H and O–H groups in total. The van der Waals surface area contributed by atoms with Crippen molar-refractivity contribution in [3.05, 3.63) is 36.4 Å². The summed E-state index contributed by atoms with van der Waals surface area (Å²) in [6, 6.07) is 12.2. The largest absolute Gasteiger partial charge is 0.385 e. The zero-order valence-electron chi connectivity index (χ0n) is 15.1. The number of methoxy groups -OCH3 is 1. The lowest BCUT2D eigenvalue weighted by molar-refractivity contribution is 0.198. The summed E-state index contributed by atoms with van der Waals surface area (Å²) < 4.78 is 5.12. The lowest BCUT2D eigenvalue weighted by Crippen LogP contribution is -2.44. The van der Waals surface area contributed by atoms with Gasteiger partial charge in [-0.25, -0.2) is 9.97 Å². The van der Waals surface area contributed by atoms with Gasteiger partial charge in [-0.15, -0.1) is 0 Å². The summed E-state index contributed by atoms with van der Waals surface area (Å²) in [6.07, 6.45) is 0.949. The molecular weight excluding hydrogens is 314 g/mol. The Kier molecular flexibility index (Phi) is 6.19. The molecule has 1 aromatic heterocycles. The lowest BCUT2D eigenvalue weighted by atomic mass is 10.2. The first kappa shape index (κ1) is 17.6. The summed E-state index contributed by atoms with van der Waals surface area (Å²) in [7, 11) is 3.89. The first-order valence-electron chi connectivity index (χ1n) is 8.87. The third kappa shape index (κ3) is 4.90. The summed E-state index contributed by atoms with van der Waals surface area (Å²) in [5.74, 6) is 2.64. The number of piperazine rings is 1. The Labute approximate surface area is 149 Å². The van der Waals surface area contributed by atoms with Gasteiger partial charge in [0.25, 0.3) is 0 Å². The van der Waals surface area contributed by atoms with Crippen LogP contribution in [0.3, 0.4) is 0 Å². The van der Waals surface area contributed by atoms with E-state index in [1.54, 1.807) is 7.11 Å². The average Bonchev–Trinajstić information content (AvgIpc) is 2.66. The van der Waals surface area contributed by atoms with Gasteiger partial charge in [-0.2, -0.15) is 0 Å². The third-order valence-electron chi connectivity index (χ3n) is 4.40. The highest BCUT2D eigenvalue weighted by molar-refractivity contribution is 5.61. The van der Waals surface area contributed by atoms with Crippen LogP contribution in [-0.2, 0) is 4.74 Å². The second-order valence-corrected chi connectivity index (χ2v) is 6.36. The Hall–Kier alpha value is -2.18. The number of likely N-dealkylation sites (N-methyl/N-ethyl adjacent to an activating group) is 1. The molecule has 1 aromatic carbocycles. The van der Waals surface area contributed by atoms with Gasteiger partial charge < -0.3 is 19.9 Å². The summed E-state index contributed by atoms with van der Waals surface area (Å²) in [5, 5.41) is 3.41. The van der Waals surface area contributed by atoms with Crippen LogP contribution in [0.2, 0.25) is 0 Å². The predicted octanol–water partition coefficient (Wildman–Crippen LogP) is 2.34. The molecule has 0 unspecified atom stereocenters. The van der Waals surface area contributed by atoms with E-state index in [0.29, 0.717) is 0 Å². The first-order chi connectivity index (χ1) is 12.3. The Bertz CT molecular complexity index is 656. The van der Waals surface area contributed by atoms with E-state index in [-0.39, 0.29) is 0 Å². The topological polar surface area (TPSA) is 53.5 Å². The number of nitrogens with zero attached hydrogens (tertiary/aromatic N) is 4. The highest BCUT2D eigenvalue weighted by Gasteiger charge is 2.17. The van der Waals surface area contributed by atoms with Crippen molar-refractivity contribution >= 4 is 11.6 Å². The minimum Gasteiger partial charge on any atom is -0.385 e. The number of aromatic nitrogens is 2. The van der Waals surface area contributed by atoms with Gasteiger partial charge >= 0.3 is 0 Å². The summed E-state index contributed by atoms with van der Waals surface area (Å²) >= 11 is 0. The van der Waals surface area contributed by atoms with E-state index >= 15 is 0 Å². The van der Waals surface area contributed by atoms with Crippen LogP contribution in [0.4, 0.5) is 11.6 Å². The highest BCUT2D eigenvalue weighted by atomic mass is 16.5. The second-order valence-electron chi connectivity index (χ2n) is 6.36. The fourth-order valence-electron chi connectivity index (χ4n) is 2.87. The van der Waals surface area contributed by atoms with Crippen LogP contribution in [0.5, 0.6) is 0 Å². The second kappa shape index (κ2) is 8.78. The normalized spacial score (nSPS) is 15.4. The molecule has 2 aromatic rings. The molecule has 0 spiro atoms. The van der Waals surface area contributed by atoms with Gasteiger partial charge in [0.15, 0.2) is 5.82 Å². The molecule has 0 radical (unpaired) electrons.